The van der Waals surface area contributed by atoms with Crippen molar-refractivity contribution >= 4 is 22.6 Å². The summed E-state index contributed by atoms with van der Waals surface area (Å²) < 4.78 is 51.4. The van der Waals surface area contributed by atoms with Crippen molar-refractivity contribution in [2.45, 2.75) is 25.9 Å². The highest BCUT2D eigenvalue weighted by atomic mass is 35.5. The summed E-state index contributed by atoms with van der Waals surface area (Å²) in [6.45, 7) is 2.43. The van der Waals surface area contributed by atoms with Gasteiger partial charge in [0.25, 0.3) is 0 Å². The SMILES string of the molecule is CCCCOc1ccc2c(=O)c(-c3ccc(Cl)cc3)c(C(F)(F)F)oc2c1. The highest BCUT2D eigenvalue weighted by Gasteiger charge is 2.39. The Hall–Kier alpha value is -2.47. The monoisotopic (exact) mass is 396 g/mol. The topological polar surface area (TPSA) is 39.4 Å². The first-order valence-electron chi connectivity index (χ1n) is 8.38. The van der Waals surface area contributed by atoms with Gasteiger partial charge in [-0.2, -0.15) is 13.2 Å². The van der Waals surface area contributed by atoms with Crippen LogP contribution in [0.25, 0.3) is 22.1 Å². The number of benzene rings is 2. The fourth-order valence-corrected chi connectivity index (χ4v) is 2.80. The Balaban J connectivity index is 2.20. The third-order valence-corrected chi connectivity index (χ3v) is 4.27. The fourth-order valence-electron chi connectivity index (χ4n) is 2.68. The van der Waals surface area contributed by atoms with Crippen molar-refractivity contribution in [2.24, 2.45) is 0 Å². The molecule has 0 fully saturated rings. The number of unbranched alkanes of at least 4 members (excludes halogenated alkanes) is 1. The number of halogens is 4. The van der Waals surface area contributed by atoms with Gasteiger partial charge in [0.15, 0.2) is 0 Å². The summed E-state index contributed by atoms with van der Waals surface area (Å²) in [4.78, 5) is 12.8. The molecule has 3 rings (SSSR count). The molecule has 0 aliphatic rings. The third kappa shape index (κ3) is 4.11. The number of fused-ring (bicyclic) bond motifs is 1. The summed E-state index contributed by atoms with van der Waals surface area (Å²) in [5.41, 5.74) is -1.37. The predicted molar refractivity (Wildman–Crippen MR) is 98.3 cm³/mol. The minimum absolute atomic E-state index is 0.0517. The molecule has 1 aromatic heterocycles. The maximum Gasteiger partial charge on any atom is 0.450 e. The lowest BCUT2D eigenvalue weighted by Gasteiger charge is -2.13. The lowest BCUT2D eigenvalue weighted by atomic mass is 10.0. The summed E-state index contributed by atoms with van der Waals surface area (Å²) in [6.07, 6.45) is -3.10. The summed E-state index contributed by atoms with van der Waals surface area (Å²) in [7, 11) is 0. The van der Waals surface area contributed by atoms with E-state index in [0.717, 1.165) is 12.8 Å². The first-order chi connectivity index (χ1) is 12.8. The normalized spacial score (nSPS) is 11.7. The molecule has 0 unspecified atom stereocenters. The van der Waals surface area contributed by atoms with Crippen molar-refractivity contribution < 1.29 is 22.3 Å². The number of ether oxygens (including phenoxy) is 1. The van der Waals surface area contributed by atoms with Gasteiger partial charge in [0.05, 0.1) is 17.6 Å². The van der Waals surface area contributed by atoms with Crippen LogP contribution in [0.1, 0.15) is 25.5 Å². The quantitative estimate of drug-likeness (QED) is 0.474. The molecule has 2 aromatic carbocycles. The zero-order valence-corrected chi connectivity index (χ0v) is 15.2. The maximum absolute atomic E-state index is 13.6. The lowest BCUT2D eigenvalue weighted by molar-refractivity contribution is -0.152. The first kappa shape index (κ1) is 19.3. The van der Waals surface area contributed by atoms with E-state index in [-0.39, 0.29) is 16.5 Å². The summed E-state index contributed by atoms with van der Waals surface area (Å²) in [5.74, 6) is -0.987. The minimum atomic E-state index is -4.83. The Bertz CT molecular complexity index is 1010. The van der Waals surface area contributed by atoms with Crippen molar-refractivity contribution in [1.29, 1.82) is 0 Å². The van der Waals surface area contributed by atoms with Gasteiger partial charge < -0.3 is 9.15 Å². The van der Waals surface area contributed by atoms with Gasteiger partial charge in [-0.05, 0) is 36.2 Å². The van der Waals surface area contributed by atoms with Crippen molar-refractivity contribution in [2.75, 3.05) is 6.61 Å². The molecule has 1 heterocycles. The van der Waals surface area contributed by atoms with Crippen molar-refractivity contribution in [3.63, 3.8) is 0 Å². The second kappa shape index (κ2) is 7.64. The van der Waals surface area contributed by atoms with Crippen LogP contribution >= 0.6 is 11.6 Å². The zero-order valence-electron chi connectivity index (χ0n) is 14.4. The molecule has 7 heteroatoms. The van der Waals surface area contributed by atoms with Gasteiger partial charge in [0, 0.05) is 11.1 Å². The van der Waals surface area contributed by atoms with Crippen molar-refractivity contribution in [3.8, 4) is 16.9 Å². The average molecular weight is 397 g/mol. The third-order valence-electron chi connectivity index (χ3n) is 4.02. The number of hydrogen-bond acceptors (Lipinski definition) is 3. The molecule has 0 aliphatic heterocycles. The molecule has 3 aromatic rings. The molecule has 142 valence electrons. The molecular weight excluding hydrogens is 381 g/mol. The first-order valence-corrected chi connectivity index (χ1v) is 8.76. The van der Waals surface area contributed by atoms with Gasteiger partial charge >= 0.3 is 6.18 Å². The van der Waals surface area contributed by atoms with Gasteiger partial charge in [-0.25, -0.2) is 0 Å². The van der Waals surface area contributed by atoms with Crippen LogP contribution in [0.5, 0.6) is 5.75 Å². The molecule has 0 bridgehead atoms. The molecular formula is C20H16ClF3O3. The smallest absolute Gasteiger partial charge is 0.450 e. The molecule has 0 saturated carbocycles. The number of hydrogen-bond donors (Lipinski definition) is 0. The summed E-state index contributed by atoms with van der Waals surface area (Å²) >= 11 is 5.80. The van der Waals surface area contributed by atoms with E-state index in [9.17, 15) is 18.0 Å². The van der Waals surface area contributed by atoms with E-state index in [0.29, 0.717) is 17.4 Å². The Labute approximate surface area is 158 Å². The van der Waals surface area contributed by atoms with E-state index < -0.39 is 22.9 Å². The van der Waals surface area contributed by atoms with Crippen LogP contribution in [0, 0.1) is 0 Å². The van der Waals surface area contributed by atoms with Crippen LogP contribution in [0.3, 0.4) is 0 Å². The van der Waals surface area contributed by atoms with Crippen LogP contribution in [-0.4, -0.2) is 6.61 Å². The Kier molecular flexibility index (Phi) is 5.46. The van der Waals surface area contributed by atoms with Crippen LogP contribution < -0.4 is 10.2 Å². The Morgan fingerprint density at radius 2 is 1.81 bits per heavy atom. The van der Waals surface area contributed by atoms with E-state index in [1.807, 2.05) is 6.92 Å². The average Bonchev–Trinajstić information content (AvgIpc) is 2.62. The molecule has 0 N–H and O–H groups in total. The summed E-state index contributed by atoms with van der Waals surface area (Å²) in [6, 6.07) is 9.84. The lowest BCUT2D eigenvalue weighted by Crippen LogP contribution is -2.16. The second-order valence-corrected chi connectivity index (χ2v) is 6.44. The van der Waals surface area contributed by atoms with Gasteiger partial charge in [0.2, 0.25) is 11.2 Å². The zero-order chi connectivity index (χ0) is 19.6. The van der Waals surface area contributed by atoms with Gasteiger partial charge in [-0.15, -0.1) is 0 Å². The van der Waals surface area contributed by atoms with E-state index in [4.69, 9.17) is 20.8 Å². The van der Waals surface area contributed by atoms with E-state index >= 15 is 0 Å². The Morgan fingerprint density at radius 3 is 2.44 bits per heavy atom. The Morgan fingerprint density at radius 1 is 1.11 bits per heavy atom. The van der Waals surface area contributed by atoms with Crippen molar-refractivity contribution in [1.82, 2.24) is 0 Å². The van der Waals surface area contributed by atoms with Crippen molar-refractivity contribution in [3.05, 3.63) is 63.5 Å². The molecule has 0 radical (unpaired) electrons. The molecule has 0 atom stereocenters. The van der Waals surface area contributed by atoms with E-state index in [1.165, 1.54) is 36.4 Å². The molecule has 0 spiro atoms. The van der Waals surface area contributed by atoms with Gasteiger partial charge in [-0.1, -0.05) is 37.1 Å². The molecule has 0 aliphatic carbocycles. The fraction of sp³-hybridized carbons (Fsp3) is 0.250. The van der Waals surface area contributed by atoms with E-state index in [1.54, 1.807) is 6.07 Å². The maximum atomic E-state index is 13.6. The largest absolute Gasteiger partial charge is 0.493 e. The minimum Gasteiger partial charge on any atom is -0.493 e. The summed E-state index contributed by atoms with van der Waals surface area (Å²) in [5, 5.41) is 0.405. The standard InChI is InChI=1S/C20H16ClF3O3/c1-2-3-10-26-14-8-9-15-16(11-14)27-19(20(22,23)24)17(18(15)25)12-4-6-13(21)7-5-12/h4-9,11H,2-3,10H2,1H3. The highest BCUT2D eigenvalue weighted by Crippen LogP contribution is 2.38. The molecule has 27 heavy (non-hydrogen) atoms. The van der Waals surface area contributed by atoms with Crippen LogP contribution in [0.2, 0.25) is 5.02 Å². The number of rotatable bonds is 5. The van der Waals surface area contributed by atoms with Crippen LogP contribution in [0.15, 0.2) is 51.7 Å². The van der Waals surface area contributed by atoms with E-state index in [2.05, 4.69) is 0 Å². The predicted octanol–water partition coefficient (Wildman–Crippen LogP) is 6.31. The van der Waals surface area contributed by atoms with Crippen LogP contribution in [-0.2, 0) is 6.18 Å². The number of alkyl halides is 3. The van der Waals surface area contributed by atoms with Crippen LogP contribution in [0.4, 0.5) is 13.2 Å². The molecule has 3 nitrogen and oxygen atoms in total. The second-order valence-electron chi connectivity index (χ2n) is 6.00. The van der Waals surface area contributed by atoms with Gasteiger partial charge in [0.1, 0.15) is 11.3 Å². The van der Waals surface area contributed by atoms with Gasteiger partial charge in [-0.3, -0.25) is 4.79 Å². The molecule has 0 saturated heterocycles. The molecule has 0 amide bonds. The highest BCUT2D eigenvalue weighted by molar-refractivity contribution is 6.30.